The van der Waals surface area contributed by atoms with Crippen molar-refractivity contribution in [1.82, 2.24) is 10.3 Å². The Bertz CT molecular complexity index is 571. The van der Waals surface area contributed by atoms with Crippen LogP contribution >= 0.6 is 0 Å². The van der Waals surface area contributed by atoms with Crippen molar-refractivity contribution < 1.29 is 4.74 Å². The van der Waals surface area contributed by atoms with Crippen molar-refractivity contribution in [3.05, 3.63) is 59.4 Å². The van der Waals surface area contributed by atoms with Crippen LogP contribution in [0.15, 0.2) is 42.6 Å². The van der Waals surface area contributed by atoms with E-state index in [1.807, 2.05) is 19.1 Å². The van der Waals surface area contributed by atoms with E-state index >= 15 is 0 Å². The quantitative estimate of drug-likeness (QED) is 0.905. The first-order valence-corrected chi connectivity index (χ1v) is 7.31. The Morgan fingerprint density at radius 3 is 2.33 bits per heavy atom. The van der Waals surface area contributed by atoms with Crippen molar-refractivity contribution in [2.24, 2.45) is 0 Å². The smallest absolute Gasteiger partial charge is 0.141 e. The van der Waals surface area contributed by atoms with Crippen molar-refractivity contribution in [1.29, 1.82) is 0 Å². The third-order valence-electron chi connectivity index (χ3n) is 3.20. The van der Waals surface area contributed by atoms with Gasteiger partial charge in [0, 0.05) is 18.3 Å². The first kappa shape index (κ1) is 15.5. The molecule has 112 valence electrons. The van der Waals surface area contributed by atoms with Gasteiger partial charge in [-0.1, -0.05) is 24.3 Å². The number of hydrogen-bond donors (Lipinski definition) is 1. The standard InChI is InChI=1S/C18H24N2O/c1-14-17(6-5-11-19-14)21-13-16-9-7-15(8-10-16)12-20-18(2,3)4/h5-11,20H,12-13H2,1-4H3. The molecule has 0 aliphatic rings. The number of ether oxygens (including phenoxy) is 1. The molecule has 2 aromatic rings. The van der Waals surface area contributed by atoms with Crippen molar-refractivity contribution in [2.75, 3.05) is 0 Å². The van der Waals surface area contributed by atoms with E-state index in [9.17, 15) is 0 Å². The Balaban J connectivity index is 1.89. The van der Waals surface area contributed by atoms with Gasteiger partial charge in [0.2, 0.25) is 0 Å². The fraction of sp³-hybridized carbons (Fsp3) is 0.389. The molecule has 0 aliphatic heterocycles. The zero-order valence-electron chi connectivity index (χ0n) is 13.3. The lowest BCUT2D eigenvalue weighted by Crippen LogP contribution is -2.35. The van der Waals surface area contributed by atoms with Crippen LogP contribution in [0.25, 0.3) is 0 Å². The Hall–Kier alpha value is -1.87. The third-order valence-corrected chi connectivity index (χ3v) is 3.20. The van der Waals surface area contributed by atoms with Gasteiger partial charge in [0.1, 0.15) is 12.4 Å². The summed E-state index contributed by atoms with van der Waals surface area (Å²) in [6, 6.07) is 12.4. The molecule has 0 spiro atoms. The molecule has 0 saturated heterocycles. The fourth-order valence-electron chi connectivity index (χ4n) is 1.90. The van der Waals surface area contributed by atoms with Crippen molar-refractivity contribution in [3.63, 3.8) is 0 Å². The molecule has 1 N–H and O–H groups in total. The van der Waals surface area contributed by atoms with Gasteiger partial charge in [0.05, 0.1) is 5.69 Å². The first-order chi connectivity index (χ1) is 9.94. The summed E-state index contributed by atoms with van der Waals surface area (Å²) >= 11 is 0. The largest absolute Gasteiger partial charge is 0.487 e. The molecule has 21 heavy (non-hydrogen) atoms. The van der Waals surface area contributed by atoms with Gasteiger partial charge >= 0.3 is 0 Å². The third kappa shape index (κ3) is 5.20. The van der Waals surface area contributed by atoms with E-state index in [2.05, 4.69) is 55.3 Å². The van der Waals surface area contributed by atoms with Gasteiger partial charge in [-0.3, -0.25) is 4.98 Å². The molecular formula is C18H24N2O. The minimum Gasteiger partial charge on any atom is -0.487 e. The molecule has 0 aliphatic carbocycles. The molecule has 3 nitrogen and oxygen atoms in total. The summed E-state index contributed by atoms with van der Waals surface area (Å²) in [7, 11) is 0. The minimum absolute atomic E-state index is 0.139. The average Bonchev–Trinajstić information content (AvgIpc) is 2.45. The monoisotopic (exact) mass is 284 g/mol. The van der Waals surface area contributed by atoms with Crippen LogP contribution in [0, 0.1) is 6.92 Å². The Kier molecular flexibility index (Phi) is 4.97. The second kappa shape index (κ2) is 6.72. The Labute approximate surface area is 127 Å². The lowest BCUT2D eigenvalue weighted by Gasteiger charge is -2.20. The number of pyridine rings is 1. The lowest BCUT2D eigenvalue weighted by atomic mass is 10.1. The Morgan fingerprint density at radius 1 is 1.05 bits per heavy atom. The number of nitrogens with one attached hydrogen (secondary N) is 1. The zero-order valence-corrected chi connectivity index (χ0v) is 13.3. The second-order valence-electron chi connectivity index (χ2n) is 6.30. The van der Waals surface area contributed by atoms with Gasteiger partial charge in [-0.2, -0.15) is 0 Å². The van der Waals surface area contributed by atoms with Crippen LogP contribution in [0.2, 0.25) is 0 Å². The normalized spacial score (nSPS) is 11.4. The fourth-order valence-corrected chi connectivity index (χ4v) is 1.90. The second-order valence-corrected chi connectivity index (χ2v) is 6.30. The van der Waals surface area contributed by atoms with E-state index in [1.54, 1.807) is 6.20 Å². The maximum atomic E-state index is 5.80. The van der Waals surface area contributed by atoms with Gasteiger partial charge in [0.15, 0.2) is 0 Å². The van der Waals surface area contributed by atoms with Gasteiger partial charge in [0.25, 0.3) is 0 Å². The summed E-state index contributed by atoms with van der Waals surface area (Å²) in [5.74, 6) is 0.843. The highest BCUT2D eigenvalue weighted by atomic mass is 16.5. The molecular weight excluding hydrogens is 260 g/mol. The molecule has 1 aromatic heterocycles. The number of nitrogens with zero attached hydrogens (tertiary/aromatic N) is 1. The van der Waals surface area contributed by atoms with Crippen LogP contribution in [0.3, 0.4) is 0 Å². The molecule has 0 atom stereocenters. The molecule has 0 radical (unpaired) electrons. The summed E-state index contributed by atoms with van der Waals surface area (Å²) < 4.78 is 5.80. The summed E-state index contributed by atoms with van der Waals surface area (Å²) in [5.41, 5.74) is 3.51. The summed E-state index contributed by atoms with van der Waals surface area (Å²) in [5, 5.41) is 3.48. The highest BCUT2D eigenvalue weighted by molar-refractivity contribution is 5.27. The maximum absolute atomic E-state index is 5.80. The van der Waals surface area contributed by atoms with Crippen LogP contribution in [0.1, 0.15) is 37.6 Å². The van der Waals surface area contributed by atoms with E-state index in [0.29, 0.717) is 6.61 Å². The van der Waals surface area contributed by atoms with Crippen molar-refractivity contribution in [2.45, 2.75) is 46.4 Å². The van der Waals surface area contributed by atoms with Gasteiger partial charge in [-0.15, -0.1) is 0 Å². The summed E-state index contributed by atoms with van der Waals surface area (Å²) in [6.07, 6.45) is 1.78. The summed E-state index contributed by atoms with van der Waals surface area (Å²) in [4.78, 5) is 4.22. The molecule has 2 rings (SSSR count). The van der Waals surface area contributed by atoms with Gasteiger partial charge in [-0.25, -0.2) is 0 Å². The molecule has 3 heteroatoms. The zero-order chi connectivity index (χ0) is 15.3. The van der Waals surface area contributed by atoms with Crippen LogP contribution < -0.4 is 10.1 Å². The highest BCUT2D eigenvalue weighted by Gasteiger charge is 2.08. The molecule has 0 amide bonds. The molecule has 0 saturated carbocycles. The van der Waals surface area contributed by atoms with Crippen LogP contribution in [-0.4, -0.2) is 10.5 Å². The topological polar surface area (TPSA) is 34.1 Å². The van der Waals surface area contributed by atoms with Crippen LogP contribution in [-0.2, 0) is 13.2 Å². The lowest BCUT2D eigenvalue weighted by molar-refractivity contribution is 0.302. The first-order valence-electron chi connectivity index (χ1n) is 7.31. The van der Waals surface area contributed by atoms with Gasteiger partial charge in [-0.05, 0) is 51.0 Å². The molecule has 1 heterocycles. The highest BCUT2D eigenvalue weighted by Crippen LogP contribution is 2.16. The summed E-state index contributed by atoms with van der Waals surface area (Å²) in [6.45, 7) is 9.92. The maximum Gasteiger partial charge on any atom is 0.141 e. The van der Waals surface area contributed by atoms with E-state index < -0.39 is 0 Å². The average molecular weight is 284 g/mol. The van der Waals surface area contributed by atoms with E-state index in [1.165, 1.54) is 5.56 Å². The SMILES string of the molecule is Cc1ncccc1OCc1ccc(CNC(C)(C)C)cc1. The number of aryl methyl sites for hydroxylation is 1. The predicted molar refractivity (Wildman–Crippen MR) is 86.3 cm³/mol. The predicted octanol–water partition coefficient (Wildman–Crippen LogP) is 3.86. The van der Waals surface area contributed by atoms with Crippen LogP contribution in [0.4, 0.5) is 0 Å². The molecule has 1 aromatic carbocycles. The van der Waals surface area contributed by atoms with Crippen LogP contribution in [0.5, 0.6) is 5.75 Å². The molecule has 0 unspecified atom stereocenters. The minimum atomic E-state index is 0.139. The molecule has 0 fully saturated rings. The molecule has 0 bridgehead atoms. The Morgan fingerprint density at radius 2 is 1.71 bits per heavy atom. The van der Waals surface area contributed by atoms with Crippen molar-refractivity contribution >= 4 is 0 Å². The van der Waals surface area contributed by atoms with Crippen molar-refractivity contribution in [3.8, 4) is 5.75 Å². The number of hydrogen-bond acceptors (Lipinski definition) is 3. The number of aromatic nitrogens is 1. The van der Waals surface area contributed by atoms with E-state index in [4.69, 9.17) is 4.74 Å². The van der Waals surface area contributed by atoms with Gasteiger partial charge < -0.3 is 10.1 Å². The van der Waals surface area contributed by atoms with E-state index in [0.717, 1.165) is 23.6 Å². The number of rotatable bonds is 5. The van der Waals surface area contributed by atoms with E-state index in [-0.39, 0.29) is 5.54 Å². The number of benzene rings is 1.